The molecule has 23 heavy (non-hydrogen) atoms. The molecule has 0 radical (unpaired) electrons. The minimum Gasteiger partial charge on any atom is -0.497 e. The lowest BCUT2D eigenvalue weighted by atomic mass is 10.1. The second kappa shape index (κ2) is 5.49. The fraction of sp³-hybridized carbons (Fsp3) is 0.0588. The van der Waals surface area contributed by atoms with E-state index in [1.165, 1.54) is 0 Å². The van der Waals surface area contributed by atoms with Crippen molar-refractivity contribution < 1.29 is 4.74 Å². The van der Waals surface area contributed by atoms with Crippen molar-refractivity contribution in [2.24, 2.45) is 0 Å². The van der Waals surface area contributed by atoms with Crippen molar-refractivity contribution in [1.29, 1.82) is 0 Å². The topological polar surface area (TPSA) is 76.6 Å². The van der Waals surface area contributed by atoms with E-state index >= 15 is 0 Å². The average molecular weight is 303 g/mol. The molecule has 0 bridgehead atoms. The zero-order valence-corrected chi connectivity index (χ0v) is 12.4. The number of pyridine rings is 1. The van der Waals surface area contributed by atoms with E-state index < -0.39 is 0 Å². The van der Waals surface area contributed by atoms with Crippen LogP contribution >= 0.6 is 0 Å². The van der Waals surface area contributed by atoms with Crippen molar-refractivity contribution in [3.05, 3.63) is 55.0 Å². The van der Waals surface area contributed by atoms with Crippen LogP contribution in [0.15, 0.2) is 55.0 Å². The van der Waals surface area contributed by atoms with E-state index in [2.05, 4.69) is 25.1 Å². The largest absolute Gasteiger partial charge is 0.497 e. The molecule has 0 aliphatic carbocycles. The summed E-state index contributed by atoms with van der Waals surface area (Å²) in [5.41, 5.74) is 4.51. The van der Waals surface area contributed by atoms with Crippen LogP contribution in [0.4, 0.5) is 0 Å². The molecule has 0 aliphatic rings. The number of imidazole rings is 1. The van der Waals surface area contributed by atoms with Gasteiger partial charge in [-0.2, -0.15) is 10.2 Å². The molecule has 1 N–H and O–H groups in total. The number of ether oxygens (including phenoxy) is 1. The number of methoxy groups -OCH3 is 1. The summed E-state index contributed by atoms with van der Waals surface area (Å²) in [5, 5.41) is 7.67. The predicted molar refractivity (Wildman–Crippen MR) is 86.9 cm³/mol. The number of hydrogen-bond acceptors (Lipinski definition) is 5. The molecule has 6 nitrogen and oxygen atoms in total. The van der Waals surface area contributed by atoms with Crippen LogP contribution < -0.4 is 4.74 Å². The monoisotopic (exact) mass is 303 g/mol. The third kappa shape index (κ3) is 2.40. The third-order valence-corrected chi connectivity index (χ3v) is 3.64. The fourth-order valence-corrected chi connectivity index (χ4v) is 2.48. The van der Waals surface area contributed by atoms with Crippen LogP contribution in [0.25, 0.3) is 33.7 Å². The maximum Gasteiger partial charge on any atom is 0.158 e. The van der Waals surface area contributed by atoms with Crippen LogP contribution in [-0.4, -0.2) is 32.3 Å². The summed E-state index contributed by atoms with van der Waals surface area (Å²) in [6.45, 7) is 0. The van der Waals surface area contributed by atoms with E-state index in [4.69, 9.17) is 4.74 Å². The van der Waals surface area contributed by atoms with Crippen LogP contribution in [0.3, 0.4) is 0 Å². The zero-order chi connectivity index (χ0) is 15.6. The van der Waals surface area contributed by atoms with Crippen molar-refractivity contribution in [3.8, 4) is 28.3 Å². The summed E-state index contributed by atoms with van der Waals surface area (Å²) in [4.78, 5) is 12.3. The van der Waals surface area contributed by atoms with E-state index in [1.54, 1.807) is 25.7 Å². The Hall–Kier alpha value is -3.28. The Kier molecular flexibility index (Phi) is 3.20. The van der Waals surface area contributed by atoms with Gasteiger partial charge in [0.05, 0.1) is 19.5 Å². The van der Waals surface area contributed by atoms with Gasteiger partial charge in [-0.15, -0.1) is 0 Å². The number of aromatic amines is 1. The highest BCUT2D eigenvalue weighted by Gasteiger charge is 2.11. The highest BCUT2D eigenvalue weighted by atomic mass is 16.5. The predicted octanol–water partition coefficient (Wildman–Crippen LogP) is 3.09. The van der Waals surface area contributed by atoms with Crippen molar-refractivity contribution in [1.82, 2.24) is 25.1 Å². The van der Waals surface area contributed by atoms with Gasteiger partial charge in [0.1, 0.15) is 17.1 Å². The number of H-pyrrole nitrogens is 1. The lowest BCUT2D eigenvalue weighted by Crippen LogP contribution is -1.85. The molecule has 1 aromatic carbocycles. The van der Waals surface area contributed by atoms with Gasteiger partial charge in [-0.3, -0.25) is 0 Å². The van der Waals surface area contributed by atoms with Gasteiger partial charge in [0.25, 0.3) is 0 Å². The van der Waals surface area contributed by atoms with E-state index in [0.29, 0.717) is 0 Å². The average Bonchev–Trinajstić information content (AvgIpc) is 3.07. The summed E-state index contributed by atoms with van der Waals surface area (Å²) in [6, 6.07) is 11.7. The van der Waals surface area contributed by atoms with Gasteiger partial charge in [-0.25, -0.2) is 9.97 Å². The first-order valence-corrected chi connectivity index (χ1v) is 7.11. The number of nitrogens with one attached hydrogen (secondary N) is 1. The molecule has 0 fully saturated rings. The molecule has 0 saturated carbocycles. The molecule has 0 unspecified atom stereocenters. The smallest absolute Gasteiger partial charge is 0.158 e. The zero-order valence-electron chi connectivity index (χ0n) is 12.4. The Morgan fingerprint density at radius 2 is 1.78 bits per heavy atom. The fourth-order valence-electron chi connectivity index (χ4n) is 2.48. The minimum atomic E-state index is 0.725. The van der Waals surface area contributed by atoms with E-state index in [1.807, 2.05) is 36.4 Å². The van der Waals surface area contributed by atoms with Crippen LogP contribution in [0.5, 0.6) is 5.75 Å². The minimum absolute atomic E-state index is 0.725. The number of fused-ring (bicyclic) bond motifs is 1. The second-order valence-corrected chi connectivity index (χ2v) is 5.00. The molecule has 112 valence electrons. The third-order valence-electron chi connectivity index (χ3n) is 3.64. The van der Waals surface area contributed by atoms with Gasteiger partial charge in [0.15, 0.2) is 5.65 Å². The first-order chi connectivity index (χ1) is 11.3. The Labute approximate surface area is 132 Å². The Morgan fingerprint density at radius 3 is 2.52 bits per heavy atom. The molecule has 0 saturated heterocycles. The summed E-state index contributed by atoms with van der Waals surface area (Å²) >= 11 is 0. The number of nitrogens with zero attached hydrogens (tertiary/aromatic N) is 4. The highest BCUT2D eigenvalue weighted by Crippen LogP contribution is 2.29. The summed E-state index contributed by atoms with van der Waals surface area (Å²) in [7, 11) is 1.66. The first kappa shape index (κ1) is 13.4. The van der Waals surface area contributed by atoms with Crippen molar-refractivity contribution in [2.75, 3.05) is 7.11 Å². The van der Waals surface area contributed by atoms with Gasteiger partial charge in [-0.05, 0) is 29.8 Å². The molecule has 4 aromatic rings. The van der Waals surface area contributed by atoms with Crippen molar-refractivity contribution in [2.45, 2.75) is 0 Å². The molecule has 3 heterocycles. The van der Waals surface area contributed by atoms with E-state index in [0.717, 1.165) is 39.4 Å². The first-order valence-electron chi connectivity index (χ1n) is 7.11. The van der Waals surface area contributed by atoms with Crippen LogP contribution in [0.2, 0.25) is 0 Å². The lowest BCUT2D eigenvalue weighted by molar-refractivity contribution is 0.415. The molecule has 4 rings (SSSR count). The number of benzene rings is 1. The summed E-state index contributed by atoms with van der Waals surface area (Å²) in [6.07, 6.45) is 5.08. The second-order valence-electron chi connectivity index (χ2n) is 5.00. The highest BCUT2D eigenvalue weighted by molar-refractivity contribution is 5.91. The lowest BCUT2D eigenvalue weighted by Gasteiger charge is -2.04. The summed E-state index contributed by atoms with van der Waals surface area (Å²) in [5.74, 6) is 1.55. The van der Waals surface area contributed by atoms with Crippen molar-refractivity contribution in [3.63, 3.8) is 0 Å². The SMILES string of the molecule is COc1ccc(-c2ccnc3[nH]c(-c4ccnnc4)nc23)cc1. The maximum absolute atomic E-state index is 5.21. The van der Waals surface area contributed by atoms with Crippen LogP contribution in [0, 0.1) is 0 Å². The quantitative estimate of drug-likeness (QED) is 0.629. The standard InChI is InChI=1S/C17H13N5O/c1-23-13-4-2-11(3-5-13)14-7-8-18-17-15(14)21-16(22-17)12-6-9-19-20-10-12/h2-10H,1H3,(H,18,21,22). The van der Waals surface area contributed by atoms with Crippen molar-refractivity contribution >= 4 is 11.2 Å². The Morgan fingerprint density at radius 1 is 0.913 bits per heavy atom. The number of rotatable bonds is 3. The molecule has 0 atom stereocenters. The van der Waals surface area contributed by atoms with E-state index in [9.17, 15) is 0 Å². The normalized spacial score (nSPS) is 10.8. The molecule has 3 aromatic heterocycles. The molecule has 0 aliphatic heterocycles. The van der Waals surface area contributed by atoms with Crippen LogP contribution in [-0.2, 0) is 0 Å². The van der Waals surface area contributed by atoms with E-state index in [-0.39, 0.29) is 0 Å². The number of aromatic nitrogens is 5. The van der Waals surface area contributed by atoms with Gasteiger partial charge in [0.2, 0.25) is 0 Å². The van der Waals surface area contributed by atoms with Crippen LogP contribution in [0.1, 0.15) is 0 Å². The Balaban J connectivity index is 1.85. The van der Waals surface area contributed by atoms with Gasteiger partial charge < -0.3 is 9.72 Å². The molecular weight excluding hydrogens is 290 g/mol. The molecule has 0 spiro atoms. The maximum atomic E-state index is 5.21. The molecular formula is C17H13N5O. The molecule has 0 amide bonds. The van der Waals surface area contributed by atoms with Gasteiger partial charge in [0, 0.05) is 17.3 Å². The summed E-state index contributed by atoms with van der Waals surface area (Å²) < 4.78 is 5.21. The molecule has 6 heteroatoms. The Bertz CT molecular complexity index is 948. The number of hydrogen-bond donors (Lipinski definition) is 1. The van der Waals surface area contributed by atoms with Gasteiger partial charge in [-0.1, -0.05) is 12.1 Å². The van der Waals surface area contributed by atoms with Gasteiger partial charge >= 0.3 is 0 Å².